The van der Waals surface area contributed by atoms with Gasteiger partial charge >= 0.3 is 0 Å². The van der Waals surface area contributed by atoms with E-state index >= 15 is 0 Å². The molecule has 0 aliphatic carbocycles. The second-order valence-electron chi connectivity index (χ2n) is 3.64. The Morgan fingerprint density at radius 1 is 1.44 bits per heavy atom. The minimum Gasteiger partial charge on any atom is -0.488 e. The summed E-state index contributed by atoms with van der Waals surface area (Å²) in [6.07, 6.45) is 1.00. The van der Waals surface area contributed by atoms with Gasteiger partial charge in [0, 0.05) is 6.20 Å². The van der Waals surface area contributed by atoms with Crippen molar-refractivity contribution in [2.75, 3.05) is 13.2 Å². The largest absolute Gasteiger partial charge is 0.488 e. The van der Waals surface area contributed by atoms with Gasteiger partial charge in [-0.3, -0.25) is 0 Å². The molecule has 0 saturated carbocycles. The lowest BCUT2D eigenvalue weighted by Gasteiger charge is -2.14. The van der Waals surface area contributed by atoms with Crippen molar-refractivity contribution in [1.82, 2.24) is 4.98 Å². The molecule has 1 rings (SSSR count). The van der Waals surface area contributed by atoms with E-state index in [4.69, 9.17) is 21.1 Å². The zero-order valence-corrected chi connectivity index (χ0v) is 10.1. The topological polar surface area (TPSA) is 51.6 Å². The normalized spacial score (nSPS) is 12.8. The van der Waals surface area contributed by atoms with Crippen LogP contribution in [0.1, 0.15) is 13.8 Å². The molecule has 16 heavy (non-hydrogen) atoms. The molecule has 4 nitrogen and oxygen atoms in total. The lowest BCUT2D eigenvalue weighted by molar-refractivity contribution is -0.0123. The third kappa shape index (κ3) is 4.79. The van der Waals surface area contributed by atoms with E-state index in [9.17, 15) is 5.11 Å². The molecule has 0 fully saturated rings. The maximum absolute atomic E-state index is 9.54. The van der Waals surface area contributed by atoms with Crippen molar-refractivity contribution in [2.45, 2.75) is 26.1 Å². The third-order valence-corrected chi connectivity index (χ3v) is 2.06. The Hall–Kier alpha value is -0.840. The van der Waals surface area contributed by atoms with Gasteiger partial charge in [-0.1, -0.05) is 11.6 Å². The molecule has 0 spiro atoms. The van der Waals surface area contributed by atoms with Crippen molar-refractivity contribution in [2.24, 2.45) is 0 Å². The molecule has 1 heterocycles. The fourth-order valence-corrected chi connectivity index (χ4v) is 1.19. The van der Waals surface area contributed by atoms with Crippen molar-refractivity contribution in [1.29, 1.82) is 0 Å². The van der Waals surface area contributed by atoms with Crippen molar-refractivity contribution < 1.29 is 14.6 Å². The van der Waals surface area contributed by atoms with Gasteiger partial charge in [-0.15, -0.1) is 0 Å². The number of ether oxygens (including phenoxy) is 2. The Labute approximate surface area is 100 Å². The fourth-order valence-electron chi connectivity index (χ4n) is 1.02. The number of pyridine rings is 1. The first-order valence-electron chi connectivity index (χ1n) is 5.12. The van der Waals surface area contributed by atoms with Gasteiger partial charge in [0.25, 0.3) is 0 Å². The molecular formula is C11H16ClNO3. The number of nitrogens with zero attached hydrogens (tertiary/aromatic N) is 1. The number of hydrogen-bond donors (Lipinski definition) is 1. The van der Waals surface area contributed by atoms with E-state index in [-0.39, 0.29) is 19.3 Å². The zero-order valence-electron chi connectivity index (χ0n) is 9.39. The number of aliphatic hydroxyl groups excluding tert-OH is 1. The SMILES string of the molecule is CC(C)OCC(O)COc1cccnc1Cl. The van der Waals surface area contributed by atoms with E-state index in [2.05, 4.69) is 4.98 Å². The summed E-state index contributed by atoms with van der Waals surface area (Å²) in [7, 11) is 0. The molecule has 0 radical (unpaired) electrons. The van der Waals surface area contributed by atoms with Gasteiger partial charge in [-0.05, 0) is 26.0 Å². The monoisotopic (exact) mass is 245 g/mol. The third-order valence-electron chi connectivity index (χ3n) is 1.78. The van der Waals surface area contributed by atoms with Crippen LogP contribution >= 0.6 is 11.6 Å². The Morgan fingerprint density at radius 3 is 2.81 bits per heavy atom. The first-order valence-corrected chi connectivity index (χ1v) is 5.50. The average molecular weight is 246 g/mol. The van der Waals surface area contributed by atoms with E-state index in [1.807, 2.05) is 13.8 Å². The highest BCUT2D eigenvalue weighted by atomic mass is 35.5. The Kier molecular flexibility index (Phi) is 5.52. The molecule has 1 aromatic heterocycles. The average Bonchev–Trinajstić information content (AvgIpc) is 2.25. The van der Waals surface area contributed by atoms with Gasteiger partial charge in [-0.2, -0.15) is 0 Å². The van der Waals surface area contributed by atoms with E-state index in [1.54, 1.807) is 18.3 Å². The highest BCUT2D eigenvalue weighted by Crippen LogP contribution is 2.20. The summed E-state index contributed by atoms with van der Waals surface area (Å²) in [4.78, 5) is 3.86. The predicted molar refractivity (Wildman–Crippen MR) is 61.8 cm³/mol. The zero-order chi connectivity index (χ0) is 12.0. The first-order chi connectivity index (χ1) is 7.59. The number of hydrogen-bond acceptors (Lipinski definition) is 4. The van der Waals surface area contributed by atoms with Crippen molar-refractivity contribution in [3.05, 3.63) is 23.5 Å². The number of aliphatic hydroxyl groups is 1. The van der Waals surface area contributed by atoms with Gasteiger partial charge in [0.2, 0.25) is 0 Å². The van der Waals surface area contributed by atoms with Crippen LogP contribution in [0.4, 0.5) is 0 Å². The van der Waals surface area contributed by atoms with Gasteiger partial charge in [-0.25, -0.2) is 4.98 Å². The second-order valence-corrected chi connectivity index (χ2v) is 4.00. The number of aromatic nitrogens is 1. The van der Waals surface area contributed by atoms with Gasteiger partial charge < -0.3 is 14.6 Å². The smallest absolute Gasteiger partial charge is 0.171 e. The van der Waals surface area contributed by atoms with Gasteiger partial charge in [0.15, 0.2) is 10.9 Å². The van der Waals surface area contributed by atoms with Gasteiger partial charge in [0.05, 0.1) is 12.7 Å². The standard InChI is InChI=1S/C11H16ClNO3/c1-8(2)15-6-9(14)7-16-10-4-3-5-13-11(10)12/h3-5,8-9,14H,6-7H2,1-2H3. The van der Waals surface area contributed by atoms with Crippen LogP contribution in [0.25, 0.3) is 0 Å². The lowest BCUT2D eigenvalue weighted by atomic mass is 10.4. The van der Waals surface area contributed by atoms with Crippen molar-refractivity contribution >= 4 is 11.6 Å². The van der Waals surface area contributed by atoms with Crippen molar-refractivity contribution in [3.8, 4) is 5.75 Å². The van der Waals surface area contributed by atoms with Gasteiger partial charge in [0.1, 0.15) is 12.7 Å². The first kappa shape index (κ1) is 13.2. The molecule has 0 aliphatic heterocycles. The summed E-state index contributed by atoms with van der Waals surface area (Å²) < 4.78 is 10.6. The van der Waals surface area contributed by atoms with Crippen molar-refractivity contribution in [3.63, 3.8) is 0 Å². The maximum Gasteiger partial charge on any atom is 0.171 e. The van der Waals surface area contributed by atoms with E-state index in [0.717, 1.165) is 0 Å². The molecule has 1 N–H and O–H groups in total. The quantitative estimate of drug-likeness (QED) is 0.778. The van der Waals surface area contributed by atoms with Crippen LogP contribution in [0, 0.1) is 0 Å². The lowest BCUT2D eigenvalue weighted by Crippen LogP contribution is -2.25. The molecule has 5 heteroatoms. The molecular weight excluding hydrogens is 230 g/mol. The predicted octanol–water partition coefficient (Wildman–Crippen LogP) is 1.90. The summed E-state index contributed by atoms with van der Waals surface area (Å²) in [5.74, 6) is 0.466. The molecule has 1 unspecified atom stereocenters. The molecule has 90 valence electrons. The summed E-state index contributed by atoms with van der Waals surface area (Å²) >= 11 is 5.79. The van der Waals surface area contributed by atoms with Crippen LogP contribution < -0.4 is 4.74 Å². The van der Waals surface area contributed by atoms with Crippen LogP contribution in [0.5, 0.6) is 5.75 Å². The summed E-state index contributed by atoms with van der Waals surface area (Å²) in [5, 5.41) is 9.83. The molecule has 0 saturated heterocycles. The highest BCUT2D eigenvalue weighted by Gasteiger charge is 2.08. The minimum atomic E-state index is -0.668. The Balaban J connectivity index is 2.31. The Morgan fingerprint density at radius 2 is 2.19 bits per heavy atom. The maximum atomic E-state index is 9.54. The van der Waals surface area contributed by atoms with Crippen LogP contribution in [0.15, 0.2) is 18.3 Å². The highest BCUT2D eigenvalue weighted by molar-refractivity contribution is 6.30. The second kappa shape index (κ2) is 6.68. The molecule has 0 aliphatic rings. The molecule has 0 amide bonds. The van der Waals surface area contributed by atoms with Crippen LogP contribution in [-0.2, 0) is 4.74 Å². The van der Waals surface area contributed by atoms with E-state index in [1.165, 1.54) is 0 Å². The van der Waals surface area contributed by atoms with E-state index < -0.39 is 6.10 Å². The minimum absolute atomic E-state index is 0.0941. The number of rotatable bonds is 6. The summed E-state index contributed by atoms with van der Waals surface area (Å²) in [5.41, 5.74) is 0. The van der Waals surface area contributed by atoms with Crippen LogP contribution in [0.3, 0.4) is 0 Å². The summed E-state index contributed by atoms with van der Waals surface area (Å²) in [6.45, 7) is 4.20. The molecule has 1 aromatic rings. The van der Waals surface area contributed by atoms with Crippen LogP contribution in [0.2, 0.25) is 5.15 Å². The van der Waals surface area contributed by atoms with Crippen LogP contribution in [-0.4, -0.2) is 35.5 Å². The summed E-state index contributed by atoms with van der Waals surface area (Å²) in [6, 6.07) is 3.42. The van der Waals surface area contributed by atoms with E-state index in [0.29, 0.717) is 10.9 Å². The fraction of sp³-hybridized carbons (Fsp3) is 0.545. The number of halogens is 1. The molecule has 0 aromatic carbocycles. The molecule has 0 bridgehead atoms. The Bertz CT molecular complexity index is 320. The molecule has 1 atom stereocenters.